The predicted molar refractivity (Wildman–Crippen MR) is 374 cm³/mol. The fraction of sp³-hybridized carbons (Fsp3) is 0.851. The van der Waals surface area contributed by atoms with Gasteiger partial charge >= 0.3 is 25.7 Å². The summed E-state index contributed by atoms with van der Waals surface area (Å²) in [5, 5.41) is 110. The Kier molecular flexibility index (Phi) is 50.5. The van der Waals surface area contributed by atoms with Gasteiger partial charge in [-0.25, -0.2) is 14.2 Å². The van der Waals surface area contributed by atoms with E-state index in [1.165, 1.54) is 166 Å². The van der Waals surface area contributed by atoms with Gasteiger partial charge in [-0.15, -0.1) is 0 Å². The van der Waals surface area contributed by atoms with Gasteiger partial charge in [0.05, 0.1) is 13.2 Å². The number of hydrogen-bond donors (Lipinski definition) is 11. The van der Waals surface area contributed by atoms with Crippen LogP contribution in [0.3, 0.4) is 0 Å². The molecule has 1 saturated carbocycles. The van der Waals surface area contributed by atoms with Crippen molar-refractivity contribution in [1.29, 1.82) is 0 Å². The number of carbonyl (C=O) groups excluding carboxylic acids is 3. The molecule has 1 aliphatic carbocycles. The molecule has 24 nitrogen and oxygen atoms in total. The van der Waals surface area contributed by atoms with E-state index in [-0.39, 0.29) is 6.42 Å². The van der Waals surface area contributed by atoms with E-state index in [1.807, 2.05) is 12.2 Å². The lowest BCUT2D eigenvalue weighted by Gasteiger charge is -2.49. The highest BCUT2D eigenvalue weighted by molar-refractivity contribution is 7.47. The van der Waals surface area contributed by atoms with Crippen LogP contribution in [-0.2, 0) is 61.2 Å². The van der Waals surface area contributed by atoms with Crippen LogP contribution in [0, 0.1) is 0 Å². The van der Waals surface area contributed by atoms with Crippen LogP contribution in [0.25, 0.3) is 0 Å². The van der Waals surface area contributed by atoms with Crippen LogP contribution in [0.4, 0.5) is 0 Å². The molecule has 2 saturated heterocycles. The Morgan fingerprint density at radius 1 is 0.414 bits per heavy atom. The van der Waals surface area contributed by atoms with E-state index in [1.54, 1.807) is 12.2 Å². The maximum atomic E-state index is 14.3. The summed E-state index contributed by atoms with van der Waals surface area (Å²) >= 11 is 0. The molecule has 25 heteroatoms. The summed E-state index contributed by atoms with van der Waals surface area (Å²) in [5.74, 6) is -2.48. The minimum absolute atomic E-state index is 0.0614. The van der Waals surface area contributed by atoms with E-state index in [4.69, 9.17) is 42.2 Å². The SMILES string of the molecule is CCCCCCCCCCCCC/C=C/C=C/C(=O)OCC(COP(=O)(O)OC1C(OC2OC(CO)C(O)C(O)C2O)C(O)C(O)C(O)C1OC1OC(COC(=O)/C=C/C=C/CCCCCCCCCCCCC)C(O)C(O)C1O)OC(=O)CCCCCCCCCCCCCCCC. The van der Waals surface area contributed by atoms with Crippen LogP contribution in [-0.4, -0.2) is 204 Å². The van der Waals surface area contributed by atoms with E-state index in [0.29, 0.717) is 6.42 Å². The molecule has 0 aromatic heterocycles. The molecule has 18 unspecified atom stereocenters. The molecule has 18 atom stereocenters. The summed E-state index contributed by atoms with van der Waals surface area (Å²) in [6.07, 6.45) is 20.2. The van der Waals surface area contributed by atoms with Crippen molar-refractivity contribution in [3.05, 3.63) is 48.6 Å². The summed E-state index contributed by atoms with van der Waals surface area (Å²) < 4.78 is 64.6. The van der Waals surface area contributed by atoms with Crippen molar-refractivity contribution in [3.63, 3.8) is 0 Å². The maximum Gasteiger partial charge on any atom is 0.472 e. The number of hydrogen-bond acceptors (Lipinski definition) is 23. The van der Waals surface area contributed by atoms with Crippen molar-refractivity contribution < 1.29 is 117 Å². The molecule has 0 bridgehead atoms. The number of esters is 3. The molecular weight excluding hydrogens is 1300 g/mol. The lowest BCUT2D eigenvalue weighted by Crippen LogP contribution is -2.69. The monoisotopic (exact) mass is 1430 g/mol. The van der Waals surface area contributed by atoms with E-state index in [2.05, 4.69) is 20.8 Å². The van der Waals surface area contributed by atoms with Gasteiger partial charge in [0.1, 0.15) is 98.7 Å². The van der Waals surface area contributed by atoms with Crippen LogP contribution in [0.1, 0.15) is 271 Å². The summed E-state index contributed by atoms with van der Waals surface area (Å²) in [4.78, 5) is 50.8. The second-order valence-corrected chi connectivity index (χ2v) is 28.6. The normalized spacial score (nSPS) is 27.7. The third-order valence-electron chi connectivity index (χ3n) is 18.5. The van der Waals surface area contributed by atoms with Gasteiger partial charge in [0.2, 0.25) is 0 Å². The highest BCUT2D eigenvalue weighted by atomic mass is 31.2. The highest BCUT2D eigenvalue weighted by Crippen LogP contribution is 2.49. The Bertz CT molecular complexity index is 2240. The number of unbranched alkanes of at least 4 members (excludes halogenated alkanes) is 35. The van der Waals surface area contributed by atoms with E-state index >= 15 is 0 Å². The third kappa shape index (κ3) is 38.5. The van der Waals surface area contributed by atoms with Gasteiger partial charge in [0.15, 0.2) is 18.7 Å². The molecule has 3 rings (SSSR count). The molecule has 99 heavy (non-hydrogen) atoms. The van der Waals surface area contributed by atoms with Gasteiger partial charge in [-0.3, -0.25) is 13.8 Å². The van der Waals surface area contributed by atoms with Crippen molar-refractivity contribution >= 4 is 25.7 Å². The summed E-state index contributed by atoms with van der Waals surface area (Å²) in [6.45, 7) is 3.24. The van der Waals surface area contributed by atoms with Crippen LogP contribution in [0.5, 0.6) is 0 Å². The first-order chi connectivity index (χ1) is 47.8. The first-order valence-electron chi connectivity index (χ1n) is 38.0. The Balaban J connectivity index is 1.76. The second-order valence-electron chi connectivity index (χ2n) is 27.2. The zero-order valence-corrected chi connectivity index (χ0v) is 60.9. The lowest BCUT2D eigenvalue weighted by atomic mass is 9.84. The molecule has 11 N–H and O–H groups in total. The van der Waals surface area contributed by atoms with Gasteiger partial charge in [-0.05, 0) is 32.1 Å². The van der Waals surface area contributed by atoms with Gasteiger partial charge in [0.25, 0.3) is 0 Å². The van der Waals surface area contributed by atoms with Gasteiger partial charge < -0.3 is 89.1 Å². The number of ether oxygens (including phenoxy) is 7. The molecule has 0 radical (unpaired) electrons. The van der Waals surface area contributed by atoms with Crippen LogP contribution in [0.2, 0.25) is 0 Å². The number of allylic oxidation sites excluding steroid dienone is 6. The minimum atomic E-state index is -5.73. The van der Waals surface area contributed by atoms with Crippen molar-refractivity contribution in [2.45, 2.75) is 375 Å². The van der Waals surface area contributed by atoms with Gasteiger partial charge in [0, 0.05) is 18.6 Å². The van der Waals surface area contributed by atoms with E-state index < -0.39 is 156 Å². The predicted octanol–water partition coefficient (Wildman–Crippen LogP) is 10.5. The number of phosphoric acid groups is 1. The maximum absolute atomic E-state index is 14.3. The van der Waals surface area contributed by atoms with Crippen molar-refractivity contribution in [2.75, 3.05) is 26.4 Å². The standard InChI is InChI=1S/C74H131O24P/c1-4-7-10-13-16-19-22-25-28-31-33-36-39-42-45-48-58(76)90-52-55(93-60(78)50-47-44-41-38-35-30-27-24-21-18-15-12-9-6-3)53-92-99(88,89)98-72-70(96-73-68(86)63(81)61(79)56(51-75)94-73)66(84)65(83)67(85)71(72)97-74-69(87)64(82)62(80)57(95-74)54-91-59(77)49-46-43-40-37-34-32-29-26-23-20-17-14-11-8-5-2/h39-40,42-43,45-46,48-49,55-57,61-75,79-87H,4-38,41,44,47,50-54H2,1-3H3,(H,88,89)/b42-39+,43-40+,48-45+,49-46+. The van der Waals surface area contributed by atoms with E-state index in [9.17, 15) is 74.9 Å². The molecular formula is C74H131O24P. The van der Waals surface area contributed by atoms with Crippen molar-refractivity contribution in [3.8, 4) is 0 Å². The molecule has 0 aromatic carbocycles. The van der Waals surface area contributed by atoms with Crippen LogP contribution in [0.15, 0.2) is 48.6 Å². The summed E-state index contributed by atoms with van der Waals surface area (Å²) in [7, 11) is -5.73. The summed E-state index contributed by atoms with van der Waals surface area (Å²) in [6, 6.07) is 0. The van der Waals surface area contributed by atoms with Gasteiger partial charge in [-0.2, -0.15) is 0 Å². The number of aliphatic hydroxyl groups is 10. The zero-order valence-electron chi connectivity index (χ0n) is 60.0. The van der Waals surface area contributed by atoms with Crippen LogP contribution >= 0.6 is 7.82 Å². The summed E-state index contributed by atoms with van der Waals surface area (Å²) in [5.41, 5.74) is 0. The smallest absolute Gasteiger partial charge is 0.460 e. The Hall–Kier alpha value is -3.08. The number of carbonyl (C=O) groups is 3. The van der Waals surface area contributed by atoms with Crippen LogP contribution < -0.4 is 0 Å². The average Bonchev–Trinajstić information content (AvgIpc) is 0.762. The Morgan fingerprint density at radius 3 is 1.17 bits per heavy atom. The number of aliphatic hydroxyl groups excluding tert-OH is 10. The first kappa shape index (κ1) is 90.1. The molecule has 576 valence electrons. The third-order valence-corrected chi connectivity index (χ3v) is 19.5. The quantitative estimate of drug-likeness (QED) is 0.00673. The van der Waals surface area contributed by atoms with E-state index in [0.717, 1.165) is 95.6 Å². The fourth-order valence-corrected chi connectivity index (χ4v) is 13.3. The highest BCUT2D eigenvalue weighted by Gasteiger charge is 2.58. The Morgan fingerprint density at radius 2 is 0.768 bits per heavy atom. The number of phosphoric ester groups is 1. The topological polar surface area (TPSA) is 374 Å². The Labute approximate surface area is 590 Å². The van der Waals surface area contributed by atoms with Gasteiger partial charge in [-0.1, -0.05) is 269 Å². The average molecular weight is 1440 g/mol. The number of rotatable bonds is 58. The fourth-order valence-electron chi connectivity index (χ4n) is 12.4. The molecule has 0 spiro atoms. The molecule has 3 aliphatic rings. The minimum Gasteiger partial charge on any atom is -0.460 e. The molecule has 2 heterocycles. The molecule has 2 aliphatic heterocycles. The first-order valence-corrected chi connectivity index (χ1v) is 39.5. The lowest BCUT2D eigenvalue weighted by molar-refractivity contribution is -0.360. The largest absolute Gasteiger partial charge is 0.472 e. The molecule has 0 amide bonds. The molecule has 3 fully saturated rings. The van der Waals surface area contributed by atoms with Crippen molar-refractivity contribution in [1.82, 2.24) is 0 Å². The molecule has 0 aromatic rings. The van der Waals surface area contributed by atoms with Crippen molar-refractivity contribution in [2.24, 2.45) is 0 Å². The second kappa shape index (κ2) is 55.4. The zero-order chi connectivity index (χ0) is 72.5.